The van der Waals surface area contributed by atoms with Crippen molar-refractivity contribution < 1.29 is 33.4 Å². The van der Waals surface area contributed by atoms with Crippen LogP contribution in [0.4, 0.5) is 5.95 Å². The summed E-state index contributed by atoms with van der Waals surface area (Å²) in [5.74, 6) is -0.236. The minimum absolute atomic E-state index is 0.0926. The summed E-state index contributed by atoms with van der Waals surface area (Å²) in [6.45, 7) is 0.705. The lowest BCUT2D eigenvalue weighted by molar-refractivity contribution is -0.151. The van der Waals surface area contributed by atoms with Crippen LogP contribution >= 0.6 is 0 Å². The number of hydrogen-bond acceptors (Lipinski definition) is 11. The van der Waals surface area contributed by atoms with E-state index in [4.69, 9.17) is 25.4 Å². The maximum atomic E-state index is 13.0. The van der Waals surface area contributed by atoms with Gasteiger partial charge in [0.25, 0.3) is 17.4 Å². The number of para-hydroxylation sites is 2. The molecular weight excluding hydrogens is 853 g/mol. The fourth-order valence-corrected chi connectivity index (χ4v) is 8.38. The van der Waals surface area contributed by atoms with Crippen LogP contribution in [0.3, 0.4) is 0 Å². The van der Waals surface area contributed by atoms with Gasteiger partial charge in [0.15, 0.2) is 5.96 Å². The van der Waals surface area contributed by atoms with Gasteiger partial charge in [-0.25, -0.2) is 4.98 Å². The number of aromatic amines is 1. The maximum absolute atomic E-state index is 13.0. The number of anilines is 1. The standard InChI is InChI=1S/C25H28N4O3.C23H25NO5.C3H9N3/c1-29(2)24-27-20-13-14-25(15-19(20)23(31)28-24,17-9-5-4-6-10-17)16-26-22(30)18-11-7-8-12-21(18)32-3;1-28-20-11-7-6-10-17(20)21(26)24-15-23(16-8-4-3-5-9-16)13-12-19(25)18(14-23)22(27)29-2;1-6(2)3(4)5/h4-12H,13-16H2,1-3H3,(H,26,30)(H,27,28,31);3-11,18H,12-15H2,1-2H3,(H,24,26);1-2H3,(H3,4,5). The number of rotatable bonds is 12. The SMILES string of the molecule is CN(C)C(=N)N.COC(=O)C1CC(CNC(=O)c2ccccc2OC)(c2ccccc2)CCC1=O.COc1ccccc1C(=O)NCC1(c2ccccc2)CCc2nc(N(C)C)[nH]c(=O)c2C1. The van der Waals surface area contributed by atoms with E-state index in [1.807, 2.05) is 74.8 Å². The van der Waals surface area contributed by atoms with Crippen molar-refractivity contribution in [2.75, 3.05) is 67.5 Å². The van der Waals surface area contributed by atoms with Crippen LogP contribution in [0.15, 0.2) is 114 Å². The first-order valence-electron chi connectivity index (χ1n) is 21.9. The summed E-state index contributed by atoms with van der Waals surface area (Å²) in [6, 6.07) is 34.0. The average molecular weight is 915 g/mol. The van der Waals surface area contributed by atoms with Crippen LogP contribution in [0.5, 0.6) is 11.5 Å². The molecule has 1 aromatic heterocycles. The first-order valence-corrected chi connectivity index (χ1v) is 21.9. The van der Waals surface area contributed by atoms with E-state index in [1.165, 1.54) is 19.1 Å². The van der Waals surface area contributed by atoms with Gasteiger partial charge in [0.2, 0.25) is 5.95 Å². The molecule has 0 saturated heterocycles. The monoisotopic (exact) mass is 914 g/mol. The lowest BCUT2D eigenvalue weighted by atomic mass is 9.65. The van der Waals surface area contributed by atoms with Gasteiger partial charge in [-0.05, 0) is 67.5 Å². The second kappa shape index (κ2) is 23.1. The van der Waals surface area contributed by atoms with Crippen LogP contribution in [0.2, 0.25) is 0 Å². The van der Waals surface area contributed by atoms with Gasteiger partial charge in [-0.2, -0.15) is 0 Å². The van der Waals surface area contributed by atoms with Crippen molar-refractivity contribution in [2.24, 2.45) is 11.7 Å². The Bertz CT molecular complexity index is 2560. The molecule has 1 heterocycles. The van der Waals surface area contributed by atoms with Crippen LogP contribution in [0.25, 0.3) is 0 Å². The molecule has 2 amide bonds. The summed E-state index contributed by atoms with van der Waals surface area (Å²) >= 11 is 0. The van der Waals surface area contributed by atoms with E-state index in [2.05, 4.69) is 32.7 Å². The molecule has 4 aromatic carbocycles. The summed E-state index contributed by atoms with van der Waals surface area (Å²) in [6.07, 6.45) is 3.07. The number of nitrogens with one attached hydrogen (secondary N) is 4. The van der Waals surface area contributed by atoms with E-state index in [-0.39, 0.29) is 35.5 Å². The van der Waals surface area contributed by atoms with E-state index in [1.54, 1.807) is 62.5 Å². The molecule has 1 fully saturated rings. The predicted octanol–water partition coefficient (Wildman–Crippen LogP) is 5.05. The van der Waals surface area contributed by atoms with Crippen molar-refractivity contribution in [3.8, 4) is 11.5 Å². The molecule has 0 aliphatic heterocycles. The van der Waals surface area contributed by atoms with Crippen molar-refractivity contribution in [2.45, 2.75) is 49.4 Å². The van der Waals surface area contributed by atoms with Crippen molar-refractivity contribution >= 4 is 35.5 Å². The number of H-pyrrole nitrogens is 1. The topological polar surface area (TPSA) is 222 Å². The minimum Gasteiger partial charge on any atom is -0.496 e. The number of hydrogen-bond donors (Lipinski definition) is 5. The van der Waals surface area contributed by atoms with E-state index < -0.39 is 22.7 Å². The van der Waals surface area contributed by atoms with Gasteiger partial charge >= 0.3 is 5.97 Å². The highest BCUT2D eigenvalue weighted by Gasteiger charge is 2.45. The number of aromatic nitrogens is 2. The van der Waals surface area contributed by atoms with Crippen LogP contribution in [0.1, 0.15) is 68.8 Å². The molecule has 0 spiro atoms. The van der Waals surface area contributed by atoms with Gasteiger partial charge in [-0.1, -0.05) is 84.9 Å². The highest BCUT2D eigenvalue weighted by Crippen LogP contribution is 2.41. The first kappa shape index (κ1) is 50.5. The highest BCUT2D eigenvalue weighted by atomic mass is 16.5. The second-order valence-corrected chi connectivity index (χ2v) is 17.0. The number of ether oxygens (including phenoxy) is 3. The Morgan fingerprint density at radius 2 is 1.19 bits per heavy atom. The minimum atomic E-state index is -0.822. The third-order valence-corrected chi connectivity index (χ3v) is 12.3. The van der Waals surface area contributed by atoms with Gasteiger partial charge in [0.05, 0.1) is 38.2 Å². The molecule has 7 rings (SSSR count). The molecule has 6 N–H and O–H groups in total. The molecule has 16 heteroatoms. The summed E-state index contributed by atoms with van der Waals surface area (Å²) < 4.78 is 15.5. The van der Waals surface area contributed by atoms with Gasteiger partial charge in [0, 0.05) is 64.1 Å². The number of guanidine groups is 1. The summed E-state index contributed by atoms with van der Waals surface area (Å²) in [5, 5.41) is 12.7. The summed E-state index contributed by atoms with van der Waals surface area (Å²) in [4.78, 5) is 74.2. The van der Waals surface area contributed by atoms with E-state index in [9.17, 15) is 24.0 Å². The number of nitrogens with zero attached hydrogens (tertiary/aromatic N) is 3. The van der Waals surface area contributed by atoms with Crippen LogP contribution in [-0.2, 0) is 38.0 Å². The molecule has 5 aromatic rings. The number of amides is 2. The summed E-state index contributed by atoms with van der Waals surface area (Å²) in [7, 11) is 11.5. The smallest absolute Gasteiger partial charge is 0.316 e. The predicted molar refractivity (Wildman–Crippen MR) is 258 cm³/mol. The zero-order chi connectivity index (χ0) is 48.7. The third-order valence-electron chi connectivity index (χ3n) is 12.3. The van der Waals surface area contributed by atoms with Gasteiger partial charge < -0.3 is 40.4 Å². The average Bonchev–Trinajstić information content (AvgIpc) is 3.36. The molecule has 1 saturated carbocycles. The number of nitrogens with two attached hydrogens (primary N) is 1. The van der Waals surface area contributed by atoms with Crippen molar-refractivity contribution in [3.05, 3.63) is 153 Å². The van der Waals surface area contributed by atoms with Crippen molar-refractivity contribution in [1.82, 2.24) is 25.5 Å². The molecule has 2 aliphatic carbocycles. The molecule has 16 nitrogen and oxygen atoms in total. The summed E-state index contributed by atoms with van der Waals surface area (Å²) in [5.41, 5.74) is 8.43. The Morgan fingerprint density at radius 3 is 1.67 bits per heavy atom. The molecule has 0 radical (unpaired) electrons. The van der Waals surface area contributed by atoms with E-state index in [0.29, 0.717) is 72.9 Å². The highest BCUT2D eigenvalue weighted by molar-refractivity contribution is 6.00. The Kier molecular flexibility index (Phi) is 17.4. The van der Waals surface area contributed by atoms with Crippen molar-refractivity contribution in [3.63, 3.8) is 0 Å². The molecule has 2 aliphatic rings. The molecule has 67 heavy (non-hydrogen) atoms. The number of methoxy groups -OCH3 is 3. The van der Waals surface area contributed by atoms with Crippen LogP contribution in [0, 0.1) is 11.3 Å². The Hall–Kier alpha value is -7.49. The molecule has 3 atom stereocenters. The van der Waals surface area contributed by atoms with Gasteiger partial charge in [0.1, 0.15) is 23.2 Å². The van der Waals surface area contributed by atoms with Crippen LogP contribution < -0.4 is 36.3 Å². The lowest BCUT2D eigenvalue weighted by Gasteiger charge is -2.40. The fraction of sp³-hybridized carbons (Fsp3) is 0.353. The number of carbonyl (C=O) groups is 4. The van der Waals surface area contributed by atoms with Gasteiger partial charge in [-0.3, -0.25) is 34.4 Å². The third kappa shape index (κ3) is 12.4. The van der Waals surface area contributed by atoms with Gasteiger partial charge in [-0.15, -0.1) is 0 Å². The first-order chi connectivity index (χ1) is 32.1. The number of fused-ring (bicyclic) bond motifs is 1. The molecule has 354 valence electrons. The quantitative estimate of drug-likeness (QED) is 0.0481. The van der Waals surface area contributed by atoms with E-state index in [0.717, 1.165) is 23.2 Å². The zero-order valence-electron chi connectivity index (χ0n) is 39.3. The Labute approximate surface area is 391 Å². The lowest BCUT2D eigenvalue weighted by Crippen LogP contribution is -2.48. The number of aryl methyl sites for hydroxylation is 1. The van der Waals surface area contributed by atoms with E-state index >= 15 is 0 Å². The number of esters is 1. The largest absolute Gasteiger partial charge is 0.496 e. The molecule has 3 unspecified atom stereocenters. The van der Waals surface area contributed by atoms with Crippen LogP contribution in [-0.4, -0.2) is 107 Å². The van der Waals surface area contributed by atoms with Crippen molar-refractivity contribution in [1.29, 1.82) is 5.41 Å². The Balaban J connectivity index is 0.000000225. The maximum Gasteiger partial charge on any atom is 0.316 e. The zero-order valence-corrected chi connectivity index (χ0v) is 39.3. The number of carbonyl (C=O) groups excluding carboxylic acids is 4. The molecular formula is C51H62N8O8. The normalized spacial score (nSPS) is 18.2. The Morgan fingerprint density at radius 1 is 0.731 bits per heavy atom. The number of benzene rings is 4. The fourth-order valence-electron chi connectivity index (χ4n) is 8.38. The molecule has 0 bridgehead atoms. The second-order valence-electron chi connectivity index (χ2n) is 17.0. The number of ketones is 1. The number of Topliss-reactive ketones (excluding diaryl/α,β-unsaturated/α-hetero) is 1.